The number of halogens is 1. The van der Waals surface area contributed by atoms with Crippen LogP contribution in [0.1, 0.15) is 38.2 Å². The van der Waals surface area contributed by atoms with Crippen LogP contribution in [0.15, 0.2) is 15.2 Å². The molecule has 1 aromatic heterocycles. The topological polar surface area (TPSA) is 12.0 Å². The highest BCUT2D eigenvalue weighted by Gasteiger charge is 2.20. The number of nitrogens with one attached hydrogen (secondary N) is 1. The molecule has 0 unspecified atom stereocenters. The fourth-order valence-corrected chi connectivity index (χ4v) is 3.55. The Kier molecular flexibility index (Phi) is 4.23. The van der Waals surface area contributed by atoms with Gasteiger partial charge in [0.25, 0.3) is 0 Å². The van der Waals surface area contributed by atoms with Crippen LogP contribution in [-0.2, 0) is 6.54 Å². The van der Waals surface area contributed by atoms with Gasteiger partial charge in [0, 0.05) is 12.6 Å². The Labute approximate surface area is 104 Å². The lowest BCUT2D eigenvalue weighted by Crippen LogP contribution is -2.31. The molecular formula is C12H18BrNS. The molecule has 84 valence electrons. The van der Waals surface area contributed by atoms with Crippen molar-refractivity contribution < 1.29 is 0 Å². The van der Waals surface area contributed by atoms with Crippen LogP contribution in [0.5, 0.6) is 0 Å². The van der Waals surface area contributed by atoms with Gasteiger partial charge in [-0.15, -0.1) is 11.3 Å². The van der Waals surface area contributed by atoms with Crippen LogP contribution in [0.25, 0.3) is 0 Å². The highest BCUT2D eigenvalue weighted by Crippen LogP contribution is 2.28. The van der Waals surface area contributed by atoms with Gasteiger partial charge >= 0.3 is 0 Å². The molecule has 0 saturated heterocycles. The van der Waals surface area contributed by atoms with Gasteiger partial charge in [0.2, 0.25) is 0 Å². The quantitative estimate of drug-likeness (QED) is 0.876. The maximum Gasteiger partial charge on any atom is 0.0701 e. The first-order valence-corrected chi connectivity index (χ1v) is 7.39. The number of thiophene rings is 1. The predicted molar refractivity (Wildman–Crippen MR) is 70.3 cm³/mol. The summed E-state index contributed by atoms with van der Waals surface area (Å²) in [5.41, 5.74) is 1.40. The minimum Gasteiger partial charge on any atom is -0.310 e. The Hall–Kier alpha value is 0.140. The van der Waals surface area contributed by atoms with Gasteiger partial charge in [-0.2, -0.15) is 0 Å². The Balaban J connectivity index is 1.77. The zero-order valence-electron chi connectivity index (χ0n) is 9.13. The monoisotopic (exact) mass is 287 g/mol. The van der Waals surface area contributed by atoms with Crippen molar-refractivity contribution in [3.05, 3.63) is 20.8 Å². The van der Waals surface area contributed by atoms with E-state index in [9.17, 15) is 0 Å². The Bertz CT molecular complexity index is 304. The lowest BCUT2D eigenvalue weighted by atomic mass is 10.00. The molecule has 0 spiro atoms. The van der Waals surface area contributed by atoms with Crippen LogP contribution < -0.4 is 5.32 Å². The molecule has 1 fully saturated rings. The third kappa shape index (κ3) is 3.30. The van der Waals surface area contributed by atoms with Crippen molar-refractivity contribution in [2.45, 2.75) is 45.2 Å². The van der Waals surface area contributed by atoms with Crippen molar-refractivity contribution in [3.63, 3.8) is 0 Å². The first-order valence-electron chi connectivity index (χ1n) is 5.72. The third-order valence-corrected chi connectivity index (χ3v) is 4.91. The first-order chi connectivity index (χ1) is 7.25. The lowest BCUT2D eigenvalue weighted by molar-refractivity contribution is 0.380. The van der Waals surface area contributed by atoms with E-state index in [1.165, 1.54) is 35.0 Å². The van der Waals surface area contributed by atoms with E-state index in [4.69, 9.17) is 0 Å². The molecule has 1 aromatic rings. The number of rotatable bonds is 4. The molecule has 2 rings (SSSR count). The summed E-state index contributed by atoms with van der Waals surface area (Å²) in [4.78, 5) is 0. The van der Waals surface area contributed by atoms with Gasteiger partial charge in [-0.1, -0.05) is 12.8 Å². The van der Waals surface area contributed by atoms with Crippen molar-refractivity contribution in [1.29, 1.82) is 0 Å². The summed E-state index contributed by atoms with van der Waals surface area (Å²) in [6.07, 6.45) is 5.70. The van der Waals surface area contributed by atoms with Crippen molar-refractivity contribution in [3.8, 4) is 0 Å². The maximum absolute atomic E-state index is 3.64. The molecule has 1 saturated carbocycles. The Morgan fingerprint density at radius 3 is 2.87 bits per heavy atom. The zero-order chi connectivity index (χ0) is 10.7. The summed E-state index contributed by atoms with van der Waals surface area (Å²) in [6.45, 7) is 3.34. The molecule has 0 amide bonds. The van der Waals surface area contributed by atoms with E-state index in [1.807, 2.05) is 0 Å². The molecule has 1 atom stereocenters. The molecule has 1 N–H and O–H groups in total. The molecule has 0 aromatic carbocycles. The Morgan fingerprint density at radius 1 is 1.53 bits per heavy atom. The van der Waals surface area contributed by atoms with Crippen molar-refractivity contribution in [1.82, 2.24) is 5.32 Å². The van der Waals surface area contributed by atoms with Crippen LogP contribution in [0, 0.1) is 5.92 Å². The average molecular weight is 288 g/mol. The molecule has 0 radical (unpaired) electrons. The summed E-state index contributed by atoms with van der Waals surface area (Å²) in [5, 5.41) is 5.86. The second-order valence-corrected chi connectivity index (χ2v) is 6.76. The summed E-state index contributed by atoms with van der Waals surface area (Å²) in [6, 6.07) is 2.88. The van der Waals surface area contributed by atoms with Gasteiger partial charge in [-0.25, -0.2) is 0 Å². The Morgan fingerprint density at radius 2 is 2.27 bits per heavy atom. The molecule has 15 heavy (non-hydrogen) atoms. The summed E-state index contributed by atoms with van der Waals surface area (Å²) in [7, 11) is 0. The molecule has 1 aliphatic rings. The van der Waals surface area contributed by atoms with Crippen LogP contribution in [0.2, 0.25) is 0 Å². The van der Waals surface area contributed by atoms with Crippen molar-refractivity contribution in [2.75, 3.05) is 0 Å². The van der Waals surface area contributed by atoms with E-state index in [2.05, 4.69) is 39.6 Å². The van der Waals surface area contributed by atoms with E-state index in [1.54, 1.807) is 11.3 Å². The smallest absolute Gasteiger partial charge is 0.0701 e. The molecule has 0 aliphatic heterocycles. The SMILES string of the molecule is C[C@@H](NCc1csc(Br)c1)C1CCCC1. The zero-order valence-corrected chi connectivity index (χ0v) is 11.5. The van der Waals surface area contributed by atoms with Gasteiger partial charge in [0.1, 0.15) is 0 Å². The normalized spacial score (nSPS) is 19.6. The largest absolute Gasteiger partial charge is 0.310 e. The second kappa shape index (κ2) is 5.46. The average Bonchev–Trinajstić information content (AvgIpc) is 2.84. The molecule has 1 nitrogen and oxygen atoms in total. The fraction of sp³-hybridized carbons (Fsp3) is 0.667. The highest BCUT2D eigenvalue weighted by atomic mass is 79.9. The van der Waals surface area contributed by atoms with Crippen molar-refractivity contribution in [2.24, 2.45) is 5.92 Å². The van der Waals surface area contributed by atoms with E-state index >= 15 is 0 Å². The van der Waals surface area contributed by atoms with Crippen LogP contribution in [0.3, 0.4) is 0 Å². The second-order valence-electron chi connectivity index (χ2n) is 4.47. The standard InChI is InChI=1S/C12H18BrNS/c1-9(11-4-2-3-5-11)14-7-10-6-12(13)15-8-10/h6,8-9,11,14H,2-5,7H2,1H3/t9-/m1/s1. The molecule has 3 heteroatoms. The summed E-state index contributed by atoms with van der Waals surface area (Å²) in [5.74, 6) is 0.909. The predicted octanol–water partition coefficient (Wildman–Crippen LogP) is 4.18. The summed E-state index contributed by atoms with van der Waals surface area (Å²) >= 11 is 5.26. The van der Waals surface area contributed by atoms with Crippen LogP contribution in [-0.4, -0.2) is 6.04 Å². The minimum atomic E-state index is 0.672. The number of hydrogen-bond donors (Lipinski definition) is 1. The van der Waals surface area contributed by atoms with E-state index in [-0.39, 0.29) is 0 Å². The van der Waals surface area contributed by atoms with Crippen LogP contribution >= 0.6 is 27.3 Å². The van der Waals surface area contributed by atoms with Gasteiger partial charge < -0.3 is 5.32 Å². The lowest BCUT2D eigenvalue weighted by Gasteiger charge is -2.19. The van der Waals surface area contributed by atoms with Gasteiger partial charge in [0.05, 0.1) is 3.79 Å². The molecule has 0 bridgehead atoms. The highest BCUT2D eigenvalue weighted by molar-refractivity contribution is 9.11. The number of hydrogen-bond acceptors (Lipinski definition) is 2. The van der Waals surface area contributed by atoms with E-state index < -0.39 is 0 Å². The van der Waals surface area contributed by atoms with E-state index in [0.717, 1.165) is 12.5 Å². The molecular weight excluding hydrogens is 270 g/mol. The third-order valence-electron chi connectivity index (χ3n) is 3.36. The molecule has 1 heterocycles. The van der Waals surface area contributed by atoms with Crippen LogP contribution in [0.4, 0.5) is 0 Å². The van der Waals surface area contributed by atoms with E-state index in [0.29, 0.717) is 6.04 Å². The fourth-order valence-electron chi connectivity index (χ4n) is 2.34. The summed E-state index contributed by atoms with van der Waals surface area (Å²) < 4.78 is 1.23. The van der Waals surface area contributed by atoms with Gasteiger partial charge in [-0.05, 0) is 58.6 Å². The molecule has 1 aliphatic carbocycles. The maximum atomic E-state index is 3.64. The van der Waals surface area contributed by atoms with Gasteiger partial charge in [0.15, 0.2) is 0 Å². The van der Waals surface area contributed by atoms with Gasteiger partial charge in [-0.3, -0.25) is 0 Å². The first kappa shape index (κ1) is 11.6. The minimum absolute atomic E-state index is 0.672. The van der Waals surface area contributed by atoms with Crippen molar-refractivity contribution >= 4 is 27.3 Å².